The maximum atomic E-state index is 10.1. The van der Waals surface area contributed by atoms with Gasteiger partial charge < -0.3 is 9.84 Å². The standard InChI is InChI=1S/C19H22O2/c1-13-6-3-7-14(2)17(13)12-21-19-11-5-8-15-16(19)9-4-10-18(15)20/h3,5-8,11,18,20H,4,9-10,12H2,1-2H3. The molecular weight excluding hydrogens is 260 g/mol. The van der Waals surface area contributed by atoms with E-state index in [9.17, 15) is 5.11 Å². The van der Waals surface area contributed by atoms with Crippen molar-refractivity contribution in [3.05, 3.63) is 64.2 Å². The molecule has 1 N–H and O–H groups in total. The number of rotatable bonds is 3. The number of fused-ring (bicyclic) bond motifs is 1. The van der Waals surface area contributed by atoms with Crippen LogP contribution in [0.15, 0.2) is 36.4 Å². The van der Waals surface area contributed by atoms with Gasteiger partial charge in [0, 0.05) is 0 Å². The lowest BCUT2D eigenvalue weighted by molar-refractivity contribution is 0.155. The van der Waals surface area contributed by atoms with Crippen molar-refractivity contribution in [1.82, 2.24) is 0 Å². The first-order valence-electron chi connectivity index (χ1n) is 7.64. The molecule has 1 unspecified atom stereocenters. The molecule has 21 heavy (non-hydrogen) atoms. The molecule has 1 atom stereocenters. The van der Waals surface area contributed by atoms with Gasteiger partial charge in [-0.25, -0.2) is 0 Å². The Labute approximate surface area is 126 Å². The molecule has 110 valence electrons. The van der Waals surface area contributed by atoms with Gasteiger partial charge in [-0.05, 0) is 67.0 Å². The van der Waals surface area contributed by atoms with Crippen molar-refractivity contribution >= 4 is 0 Å². The Balaban J connectivity index is 1.85. The Morgan fingerprint density at radius 2 is 1.81 bits per heavy atom. The Hall–Kier alpha value is -1.80. The van der Waals surface area contributed by atoms with Crippen LogP contribution in [0.4, 0.5) is 0 Å². The van der Waals surface area contributed by atoms with E-state index in [0.29, 0.717) is 6.61 Å². The minimum absolute atomic E-state index is 0.336. The van der Waals surface area contributed by atoms with Crippen LogP contribution in [0.2, 0.25) is 0 Å². The van der Waals surface area contributed by atoms with Gasteiger partial charge in [0.25, 0.3) is 0 Å². The summed E-state index contributed by atoms with van der Waals surface area (Å²) in [5.41, 5.74) is 6.01. The fourth-order valence-corrected chi connectivity index (χ4v) is 3.15. The molecule has 0 spiro atoms. The van der Waals surface area contributed by atoms with Crippen LogP contribution in [0.3, 0.4) is 0 Å². The molecular formula is C19H22O2. The van der Waals surface area contributed by atoms with Gasteiger partial charge in [-0.2, -0.15) is 0 Å². The molecule has 0 aromatic heterocycles. The molecule has 2 aromatic rings. The summed E-state index contributed by atoms with van der Waals surface area (Å²) in [4.78, 5) is 0. The summed E-state index contributed by atoms with van der Waals surface area (Å²) in [6.45, 7) is 4.83. The van der Waals surface area contributed by atoms with Crippen molar-refractivity contribution in [3.8, 4) is 5.75 Å². The SMILES string of the molecule is Cc1cccc(C)c1COc1cccc2c1CCCC2O. The smallest absolute Gasteiger partial charge is 0.123 e. The maximum Gasteiger partial charge on any atom is 0.123 e. The van der Waals surface area contributed by atoms with Gasteiger partial charge in [-0.3, -0.25) is 0 Å². The van der Waals surface area contributed by atoms with Crippen LogP contribution in [0.1, 0.15) is 46.8 Å². The van der Waals surface area contributed by atoms with Gasteiger partial charge >= 0.3 is 0 Å². The summed E-state index contributed by atoms with van der Waals surface area (Å²) in [6.07, 6.45) is 2.54. The number of ether oxygens (including phenoxy) is 1. The van der Waals surface area contributed by atoms with Crippen LogP contribution >= 0.6 is 0 Å². The zero-order chi connectivity index (χ0) is 14.8. The Morgan fingerprint density at radius 3 is 2.57 bits per heavy atom. The Bertz CT molecular complexity index is 626. The molecule has 0 radical (unpaired) electrons. The molecule has 0 fully saturated rings. The molecule has 0 amide bonds. The highest BCUT2D eigenvalue weighted by atomic mass is 16.5. The van der Waals surface area contributed by atoms with E-state index < -0.39 is 0 Å². The largest absolute Gasteiger partial charge is 0.489 e. The van der Waals surface area contributed by atoms with Gasteiger partial charge in [0.2, 0.25) is 0 Å². The van der Waals surface area contributed by atoms with Gasteiger partial charge in [0.1, 0.15) is 12.4 Å². The van der Waals surface area contributed by atoms with Gasteiger partial charge in [-0.15, -0.1) is 0 Å². The summed E-state index contributed by atoms with van der Waals surface area (Å²) >= 11 is 0. The van der Waals surface area contributed by atoms with E-state index in [1.807, 2.05) is 18.2 Å². The Kier molecular flexibility index (Phi) is 3.98. The molecule has 2 heteroatoms. The second-order valence-electron chi connectivity index (χ2n) is 5.89. The van der Waals surface area contributed by atoms with Crippen LogP contribution < -0.4 is 4.74 Å². The van der Waals surface area contributed by atoms with E-state index in [-0.39, 0.29) is 6.10 Å². The molecule has 0 bridgehead atoms. The van der Waals surface area contributed by atoms with E-state index in [1.54, 1.807) is 0 Å². The monoisotopic (exact) mass is 282 g/mol. The first-order valence-corrected chi connectivity index (χ1v) is 7.64. The average molecular weight is 282 g/mol. The highest BCUT2D eigenvalue weighted by Gasteiger charge is 2.20. The van der Waals surface area contributed by atoms with Crippen LogP contribution in [0, 0.1) is 13.8 Å². The predicted molar refractivity (Wildman–Crippen MR) is 84.6 cm³/mol. The van der Waals surface area contributed by atoms with E-state index in [2.05, 4.69) is 32.0 Å². The third kappa shape index (κ3) is 2.81. The molecule has 0 heterocycles. The Morgan fingerprint density at radius 1 is 1.10 bits per heavy atom. The normalized spacial score (nSPS) is 17.4. The zero-order valence-electron chi connectivity index (χ0n) is 12.7. The van der Waals surface area contributed by atoms with Gasteiger partial charge in [0.15, 0.2) is 0 Å². The number of hydrogen-bond donors (Lipinski definition) is 1. The van der Waals surface area contributed by atoms with Crippen LogP contribution in [-0.4, -0.2) is 5.11 Å². The van der Waals surface area contributed by atoms with E-state index in [1.165, 1.54) is 22.3 Å². The van der Waals surface area contributed by atoms with Crippen molar-refractivity contribution in [2.24, 2.45) is 0 Å². The number of hydrogen-bond acceptors (Lipinski definition) is 2. The predicted octanol–water partition coefficient (Wildman–Crippen LogP) is 4.25. The van der Waals surface area contributed by atoms with E-state index in [0.717, 1.165) is 30.6 Å². The van der Waals surface area contributed by atoms with Gasteiger partial charge in [-0.1, -0.05) is 30.3 Å². The van der Waals surface area contributed by atoms with Crippen molar-refractivity contribution in [1.29, 1.82) is 0 Å². The molecule has 0 saturated carbocycles. The highest BCUT2D eigenvalue weighted by Crippen LogP contribution is 2.35. The summed E-state index contributed by atoms with van der Waals surface area (Å²) < 4.78 is 6.09. The molecule has 2 nitrogen and oxygen atoms in total. The number of aliphatic hydroxyl groups is 1. The van der Waals surface area contributed by atoms with Crippen LogP contribution in [0.25, 0.3) is 0 Å². The number of benzene rings is 2. The lowest BCUT2D eigenvalue weighted by Crippen LogP contribution is -2.11. The maximum absolute atomic E-state index is 10.1. The average Bonchev–Trinajstić information content (AvgIpc) is 2.47. The molecule has 3 rings (SSSR count). The van der Waals surface area contributed by atoms with Crippen molar-refractivity contribution in [3.63, 3.8) is 0 Å². The topological polar surface area (TPSA) is 29.5 Å². The number of aliphatic hydroxyl groups excluding tert-OH is 1. The van der Waals surface area contributed by atoms with Crippen molar-refractivity contribution in [2.45, 2.75) is 45.8 Å². The molecule has 1 aliphatic carbocycles. The quantitative estimate of drug-likeness (QED) is 0.911. The summed E-state index contributed by atoms with van der Waals surface area (Å²) in [5, 5.41) is 10.1. The minimum Gasteiger partial charge on any atom is -0.489 e. The lowest BCUT2D eigenvalue weighted by Gasteiger charge is -2.24. The van der Waals surface area contributed by atoms with Crippen LogP contribution in [0.5, 0.6) is 5.75 Å². The van der Waals surface area contributed by atoms with E-state index >= 15 is 0 Å². The molecule has 2 aromatic carbocycles. The van der Waals surface area contributed by atoms with E-state index in [4.69, 9.17) is 4.74 Å². The summed E-state index contributed by atoms with van der Waals surface area (Å²) in [6, 6.07) is 12.3. The second-order valence-corrected chi connectivity index (χ2v) is 5.89. The second kappa shape index (κ2) is 5.90. The minimum atomic E-state index is -0.336. The van der Waals surface area contributed by atoms with Gasteiger partial charge in [0.05, 0.1) is 6.10 Å². The zero-order valence-corrected chi connectivity index (χ0v) is 12.7. The summed E-state index contributed by atoms with van der Waals surface area (Å²) in [5.74, 6) is 0.925. The third-order valence-corrected chi connectivity index (χ3v) is 4.45. The highest BCUT2D eigenvalue weighted by molar-refractivity contribution is 5.43. The van der Waals surface area contributed by atoms with Crippen molar-refractivity contribution < 1.29 is 9.84 Å². The molecule has 0 aliphatic heterocycles. The molecule has 0 saturated heterocycles. The lowest BCUT2D eigenvalue weighted by atomic mass is 9.89. The fourth-order valence-electron chi connectivity index (χ4n) is 3.15. The summed E-state index contributed by atoms with van der Waals surface area (Å²) in [7, 11) is 0. The molecule has 1 aliphatic rings. The number of aryl methyl sites for hydroxylation is 2. The first kappa shape index (κ1) is 14.2. The van der Waals surface area contributed by atoms with Crippen LogP contribution in [-0.2, 0) is 13.0 Å². The third-order valence-electron chi connectivity index (χ3n) is 4.45. The van der Waals surface area contributed by atoms with Crippen molar-refractivity contribution in [2.75, 3.05) is 0 Å². The fraction of sp³-hybridized carbons (Fsp3) is 0.368. The first-order chi connectivity index (χ1) is 10.2.